The SMILES string of the molecule is CCOc1ccccc1S(=O)(=O)NCc1cc(C(C(CC)C/C(N)=C/NCc2cccc(-c3ccc(C(=O)O)cn3)c2)C(C)(C)C(=O)OC)ccc1C. The molecule has 1 heterocycles. The number of ether oxygens (including phenoxy) is 2. The molecule has 1 aromatic heterocycles. The lowest BCUT2D eigenvalue weighted by Gasteiger charge is -2.38. The number of carbonyl (C=O) groups is 2. The molecular weight excluding hydrogens is 693 g/mol. The molecule has 0 spiro atoms. The van der Waals surface area contributed by atoms with Gasteiger partial charge in [0.15, 0.2) is 0 Å². The number of aryl methyl sites for hydroxylation is 1. The van der Waals surface area contributed by atoms with Gasteiger partial charge in [0.2, 0.25) is 10.0 Å². The number of aromatic nitrogens is 1. The summed E-state index contributed by atoms with van der Waals surface area (Å²) in [5, 5.41) is 12.5. The van der Waals surface area contributed by atoms with Gasteiger partial charge in [-0.25, -0.2) is 17.9 Å². The number of esters is 1. The van der Waals surface area contributed by atoms with E-state index in [1.165, 1.54) is 25.4 Å². The summed E-state index contributed by atoms with van der Waals surface area (Å²) < 4.78 is 40.4. The van der Waals surface area contributed by atoms with Crippen molar-refractivity contribution in [3.05, 3.63) is 125 Å². The zero-order valence-electron chi connectivity index (χ0n) is 31.2. The molecule has 0 aliphatic rings. The number of nitrogens with two attached hydrogens (primary N) is 1. The van der Waals surface area contributed by atoms with E-state index in [0.29, 0.717) is 37.4 Å². The highest BCUT2D eigenvalue weighted by Crippen LogP contribution is 2.45. The zero-order chi connectivity index (χ0) is 38.8. The zero-order valence-corrected chi connectivity index (χ0v) is 32.0. The molecule has 5 N–H and O–H groups in total. The van der Waals surface area contributed by atoms with E-state index < -0.39 is 21.4 Å². The summed E-state index contributed by atoms with van der Waals surface area (Å²) in [6.45, 7) is 10.4. The minimum absolute atomic E-state index is 0.0432. The Morgan fingerprint density at radius 2 is 1.75 bits per heavy atom. The van der Waals surface area contributed by atoms with Crippen molar-refractivity contribution in [3.8, 4) is 17.0 Å². The normalized spacial score (nSPS) is 13.2. The average Bonchev–Trinajstić information content (AvgIpc) is 3.14. The summed E-state index contributed by atoms with van der Waals surface area (Å²) in [5.74, 6) is -1.49. The first-order chi connectivity index (χ1) is 25.2. The van der Waals surface area contributed by atoms with E-state index in [-0.39, 0.29) is 40.6 Å². The molecule has 0 saturated carbocycles. The quantitative estimate of drug-likeness (QED) is 0.0785. The second-order valence-corrected chi connectivity index (χ2v) is 15.2. The van der Waals surface area contributed by atoms with Crippen LogP contribution in [0.3, 0.4) is 0 Å². The Balaban J connectivity index is 1.54. The second-order valence-electron chi connectivity index (χ2n) is 13.5. The van der Waals surface area contributed by atoms with E-state index in [1.807, 2.05) is 63.2 Å². The van der Waals surface area contributed by atoms with Crippen LogP contribution in [-0.4, -0.2) is 44.2 Å². The highest BCUT2D eigenvalue weighted by atomic mass is 32.2. The van der Waals surface area contributed by atoms with E-state index >= 15 is 0 Å². The molecule has 0 aliphatic heterocycles. The smallest absolute Gasteiger partial charge is 0.337 e. The summed E-state index contributed by atoms with van der Waals surface area (Å²) >= 11 is 0. The fourth-order valence-electron chi connectivity index (χ4n) is 6.63. The molecule has 0 fully saturated rings. The predicted molar refractivity (Wildman–Crippen MR) is 205 cm³/mol. The minimum atomic E-state index is -3.90. The van der Waals surface area contributed by atoms with Gasteiger partial charge in [0, 0.05) is 42.7 Å². The minimum Gasteiger partial charge on any atom is -0.492 e. The number of benzene rings is 3. The van der Waals surface area contributed by atoms with Crippen LogP contribution in [0.25, 0.3) is 11.3 Å². The Labute approximate surface area is 312 Å². The number of hydrogen-bond acceptors (Lipinski definition) is 9. The Bertz CT molecular complexity index is 2030. The maximum atomic E-state index is 13.4. The van der Waals surface area contributed by atoms with Gasteiger partial charge in [0.25, 0.3) is 0 Å². The third-order valence-corrected chi connectivity index (χ3v) is 10.9. The number of nitrogens with one attached hydrogen (secondary N) is 2. The number of hydrogen-bond donors (Lipinski definition) is 4. The molecule has 0 radical (unpaired) electrons. The van der Waals surface area contributed by atoms with E-state index in [9.17, 15) is 23.1 Å². The fraction of sp³-hybridized carbons (Fsp3) is 0.341. The highest BCUT2D eigenvalue weighted by Gasteiger charge is 2.43. The average molecular weight is 743 g/mol. The van der Waals surface area contributed by atoms with Crippen LogP contribution in [0.5, 0.6) is 5.75 Å². The molecule has 282 valence electrons. The molecule has 4 aromatic rings. The summed E-state index contributed by atoms with van der Waals surface area (Å²) in [6.07, 6.45) is 4.32. The topological polar surface area (TPSA) is 170 Å². The van der Waals surface area contributed by atoms with Crippen LogP contribution in [0.2, 0.25) is 0 Å². The Morgan fingerprint density at radius 3 is 2.42 bits per heavy atom. The summed E-state index contributed by atoms with van der Waals surface area (Å²) in [4.78, 5) is 28.9. The number of aromatic carboxylic acids is 1. The first-order valence-electron chi connectivity index (χ1n) is 17.6. The molecule has 53 heavy (non-hydrogen) atoms. The molecule has 11 nitrogen and oxygen atoms in total. The van der Waals surface area contributed by atoms with Gasteiger partial charge in [0.1, 0.15) is 10.6 Å². The summed E-state index contributed by atoms with van der Waals surface area (Å²) in [5.41, 5.74) is 11.5. The molecule has 4 rings (SSSR count). The molecule has 2 atom stereocenters. The van der Waals surface area contributed by atoms with Crippen LogP contribution in [-0.2, 0) is 32.6 Å². The highest BCUT2D eigenvalue weighted by molar-refractivity contribution is 7.89. The monoisotopic (exact) mass is 742 g/mol. The van der Waals surface area contributed by atoms with E-state index in [0.717, 1.165) is 27.8 Å². The lowest BCUT2D eigenvalue weighted by atomic mass is 9.66. The third-order valence-electron chi connectivity index (χ3n) is 9.43. The fourth-order valence-corrected chi connectivity index (χ4v) is 7.78. The maximum absolute atomic E-state index is 13.4. The van der Waals surface area contributed by atoms with Crippen LogP contribution in [0, 0.1) is 18.3 Å². The van der Waals surface area contributed by atoms with Crippen molar-refractivity contribution in [1.82, 2.24) is 15.0 Å². The lowest BCUT2D eigenvalue weighted by molar-refractivity contribution is -0.153. The third kappa shape index (κ3) is 10.2. The summed E-state index contributed by atoms with van der Waals surface area (Å²) in [6, 6.07) is 23.4. The van der Waals surface area contributed by atoms with Crippen LogP contribution in [0.4, 0.5) is 0 Å². The first-order valence-corrected chi connectivity index (χ1v) is 19.1. The van der Waals surface area contributed by atoms with Gasteiger partial charge in [-0.1, -0.05) is 61.9 Å². The predicted octanol–water partition coefficient (Wildman–Crippen LogP) is 6.92. The molecule has 2 unspecified atom stereocenters. The van der Waals surface area contributed by atoms with Crippen LogP contribution in [0.15, 0.2) is 102 Å². The van der Waals surface area contributed by atoms with Gasteiger partial charge in [-0.3, -0.25) is 9.78 Å². The van der Waals surface area contributed by atoms with Gasteiger partial charge >= 0.3 is 11.9 Å². The second kappa shape index (κ2) is 18.0. The van der Waals surface area contributed by atoms with Crippen molar-refractivity contribution >= 4 is 22.0 Å². The molecule has 12 heteroatoms. The maximum Gasteiger partial charge on any atom is 0.337 e. The van der Waals surface area contributed by atoms with Crippen molar-refractivity contribution in [2.45, 2.75) is 71.4 Å². The number of nitrogens with zero attached hydrogens (tertiary/aromatic N) is 1. The molecule has 0 saturated heterocycles. The van der Waals surface area contributed by atoms with Gasteiger partial charge in [-0.05, 0) is 92.6 Å². The summed E-state index contributed by atoms with van der Waals surface area (Å²) in [7, 11) is -2.52. The van der Waals surface area contributed by atoms with Crippen molar-refractivity contribution in [2.75, 3.05) is 13.7 Å². The van der Waals surface area contributed by atoms with E-state index in [1.54, 1.807) is 37.4 Å². The molecule has 0 bridgehead atoms. The number of carboxylic acids is 1. The number of rotatable bonds is 18. The Morgan fingerprint density at radius 1 is 1.00 bits per heavy atom. The Kier molecular flexibility index (Phi) is 13.8. The Hall–Kier alpha value is -5.20. The van der Waals surface area contributed by atoms with Crippen LogP contribution >= 0.6 is 0 Å². The van der Waals surface area contributed by atoms with Crippen molar-refractivity contribution in [1.29, 1.82) is 0 Å². The van der Waals surface area contributed by atoms with E-state index in [2.05, 4.69) is 21.9 Å². The van der Waals surface area contributed by atoms with Crippen LogP contribution in [0.1, 0.15) is 79.1 Å². The van der Waals surface area contributed by atoms with Crippen molar-refractivity contribution < 1.29 is 32.6 Å². The van der Waals surface area contributed by atoms with Crippen molar-refractivity contribution in [3.63, 3.8) is 0 Å². The lowest BCUT2D eigenvalue weighted by Crippen LogP contribution is -2.37. The molecule has 3 aromatic carbocycles. The number of allylic oxidation sites excluding steroid dienone is 1. The molecular formula is C41H50N4O7S. The van der Waals surface area contributed by atoms with Crippen LogP contribution < -0.4 is 20.5 Å². The van der Waals surface area contributed by atoms with Gasteiger partial charge in [-0.2, -0.15) is 0 Å². The first kappa shape index (κ1) is 40.6. The number of carbonyl (C=O) groups excluding carboxylic acids is 1. The number of methoxy groups -OCH3 is 1. The van der Waals surface area contributed by atoms with Crippen molar-refractivity contribution in [2.24, 2.45) is 17.1 Å². The molecule has 0 aliphatic carbocycles. The number of sulfonamides is 1. The largest absolute Gasteiger partial charge is 0.492 e. The number of para-hydroxylation sites is 1. The van der Waals surface area contributed by atoms with E-state index in [4.69, 9.17) is 15.2 Å². The molecule has 0 amide bonds. The van der Waals surface area contributed by atoms with Gasteiger partial charge in [-0.15, -0.1) is 0 Å². The number of pyridine rings is 1. The standard InChI is InChI=1S/C41H50N4O7S/c1-7-29(22-34(42)26-43-23-28-12-11-13-30(20-28)35-19-18-32(24-44-35)39(46)47)38(41(4,5)40(48)51-6)31-17-16-27(3)33(21-31)25-45-53(49,50)37-15-10-9-14-36(37)52-8-2/h9-21,24,26,29,38,43,45H,7-8,22-23,25,42H2,1-6H3,(H,46,47)/b34-26-. The number of carboxylic acid groups (broad SMARTS) is 1. The van der Waals surface area contributed by atoms with Gasteiger partial charge < -0.3 is 25.6 Å². The van der Waals surface area contributed by atoms with Gasteiger partial charge in [0.05, 0.1) is 30.4 Å².